The molecule has 0 aliphatic rings. The minimum atomic E-state index is -0.472. The largest absolute Gasteiger partial charge is 0.411 e. The number of carbonyl (C=O) groups is 3. The average molecular weight is 580 g/mol. The maximum atomic E-state index is 13.5. The van der Waals surface area contributed by atoms with Crippen LogP contribution in [-0.2, 0) is 0 Å². The lowest BCUT2D eigenvalue weighted by molar-refractivity contribution is 0.103. The topological polar surface area (TPSA) is 121 Å². The molecule has 8 heteroatoms. The minimum absolute atomic E-state index is 0.0608. The van der Waals surface area contributed by atoms with E-state index in [4.69, 9.17) is 0 Å². The molecule has 0 atom stereocenters. The van der Waals surface area contributed by atoms with E-state index in [1.165, 1.54) is 6.92 Å². The fourth-order valence-corrected chi connectivity index (χ4v) is 5.32. The third-order valence-electron chi connectivity index (χ3n) is 7.55. The van der Waals surface area contributed by atoms with Gasteiger partial charge in [-0.2, -0.15) is 0 Å². The molecule has 5 aromatic carbocycles. The number of rotatable bonds is 8. The summed E-state index contributed by atoms with van der Waals surface area (Å²) in [5.74, 6) is -1.00. The highest BCUT2D eigenvalue weighted by molar-refractivity contribution is 6.51. The summed E-state index contributed by atoms with van der Waals surface area (Å²) in [5, 5.41) is 26.6. The second-order valence-electron chi connectivity index (χ2n) is 10.2. The first kappa shape index (κ1) is 28.0. The fraction of sp³-hybridized carbons (Fsp3) is 0.0278. The Morgan fingerprint density at radius 1 is 0.545 bits per heavy atom. The van der Waals surface area contributed by atoms with Gasteiger partial charge in [0.05, 0.1) is 11.0 Å². The van der Waals surface area contributed by atoms with E-state index in [1.807, 2.05) is 34.9 Å². The summed E-state index contributed by atoms with van der Waals surface area (Å²) >= 11 is 0. The van der Waals surface area contributed by atoms with Gasteiger partial charge in [0.2, 0.25) is 11.6 Å². The number of benzene rings is 5. The van der Waals surface area contributed by atoms with Crippen molar-refractivity contribution in [3.8, 4) is 5.69 Å². The highest BCUT2D eigenvalue weighted by Gasteiger charge is 2.21. The van der Waals surface area contributed by atoms with E-state index in [9.17, 15) is 24.8 Å². The smallest absolute Gasteiger partial charge is 0.215 e. The summed E-state index contributed by atoms with van der Waals surface area (Å²) in [6.45, 7) is 1.42. The van der Waals surface area contributed by atoms with Gasteiger partial charge in [0, 0.05) is 44.3 Å². The standard InChI is InChI=1S/C36H25N3O5/c1-22(37-43)34(40)26-14-18-31-29(20-26)30-21-27(36(42)33(38-44)23-8-4-2-5-9-23)15-19-32(30)39(31)28-16-12-25(13-17-28)35(41)24-10-6-3-7-11-24/h2-21,43-44H,1H3/b37-22?,38-33-. The Kier molecular flexibility index (Phi) is 7.39. The van der Waals surface area contributed by atoms with Crippen LogP contribution in [0.4, 0.5) is 0 Å². The predicted molar refractivity (Wildman–Crippen MR) is 169 cm³/mol. The van der Waals surface area contributed by atoms with Gasteiger partial charge in [-0.25, -0.2) is 0 Å². The molecular weight excluding hydrogens is 554 g/mol. The van der Waals surface area contributed by atoms with Crippen molar-refractivity contribution in [1.29, 1.82) is 0 Å². The summed E-state index contributed by atoms with van der Waals surface area (Å²) in [7, 11) is 0. The van der Waals surface area contributed by atoms with E-state index in [0.717, 1.165) is 16.7 Å². The molecule has 0 saturated heterocycles. The van der Waals surface area contributed by atoms with Gasteiger partial charge in [-0.05, 0) is 67.6 Å². The van der Waals surface area contributed by atoms with Crippen LogP contribution in [-0.4, -0.2) is 43.8 Å². The van der Waals surface area contributed by atoms with Gasteiger partial charge in [0.25, 0.3) is 0 Å². The van der Waals surface area contributed by atoms with Crippen molar-refractivity contribution in [2.24, 2.45) is 10.3 Å². The zero-order valence-electron chi connectivity index (χ0n) is 23.5. The number of ketones is 3. The summed E-state index contributed by atoms with van der Waals surface area (Å²) < 4.78 is 1.98. The Morgan fingerprint density at radius 3 is 1.55 bits per heavy atom. The van der Waals surface area contributed by atoms with Gasteiger partial charge < -0.3 is 15.0 Å². The first-order valence-corrected chi connectivity index (χ1v) is 13.7. The summed E-state index contributed by atoms with van der Waals surface area (Å²) in [6, 6.07) is 35.3. The van der Waals surface area contributed by atoms with Crippen molar-refractivity contribution >= 4 is 50.6 Å². The van der Waals surface area contributed by atoms with Crippen LogP contribution in [0.25, 0.3) is 27.5 Å². The Morgan fingerprint density at radius 2 is 1.02 bits per heavy atom. The fourth-order valence-electron chi connectivity index (χ4n) is 5.32. The zero-order chi connectivity index (χ0) is 30.8. The molecule has 1 heterocycles. The molecule has 0 radical (unpaired) electrons. The Balaban J connectivity index is 1.51. The maximum absolute atomic E-state index is 13.5. The summed E-state index contributed by atoms with van der Waals surface area (Å²) in [6.07, 6.45) is 0. The minimum Gasteiger partial charge on any atom is -0.411 e. The van der Waals surface area contributed by atoms with Gasteiger partial charge in [-0.15, -0.1) is 0 Å². The lowest BCUT2D eigenvalue weighted by Crippen LogP contribution is -2.15. The van der Waals surface area contributed by atoms with Crippen LogP contribution in [0.5, 0.6) is 0 Å². The first-order chi connectivity index (χ1) is 21.4. The van der Waals surface area contributed by atoms with E-state index >= 15 is 0 Å². The maximum Gasteiger partial charge on any atom is 0.215 e. The Bertz CT molecular complexity index is 2130. The van der Waals surface area contributed by atoms with E-state index < -0.39 is 11.6 Å². The predicted octanol–water partition coefficient (Wildman–Crippen LogP) is 7.11. The Labute approximate surface area is 251 Å². The molecule has 44 heavy (non-hydrogen) atoms. The van der Waals surface area contributed by atoms with Crippen LogP contribution in [0.1, 0.15) is 49.1 Å². The van der Waals surface area contributed by atoms with E-state index in [0.29, 0.717) is 38.6 Å². The van der Waals surface area contributed by atoms with Crippen molar-refractivity contribution in [1.82, 2.24) is 4.57 Å². The quantitative estimate of drug-likeness (QED) is 0.0862. The molecule has 0 aliphatic heterocycles. The molecule has 2 N–H and O–H groups in total. The van der Waals surface area contributed by atoms with Crippen LogP contribution in [0.15, 0.2) is 132 Å². The molecule has 214 valence electrons. The molecule has 0 unspecified atom stereocenters. The van der Waals surface area contributed by atoms with Gasteiger partial charge >= 0.3 is 0 Å². The molecule has 0 fully saturated rings. The van der Waals surface area contributed by atoms with E-state index in [2.05, 4.69) is 10.3 Å². The van der Waals surface area contributed by atoms with Crippen molar-refractivity contribution in [2.75, 3.05) is 0 Å². The normalized spacial score (nSPS) is 12.0. The van der Waals surface area contributed by atoms with Crippen LogP contribution in [0.3, 0.4) is 0 Å². The molecule has 0 saturated carbocycles. The zero-order valence-corrected chi connectivity index (χ0v) is 23.5. The van der Waals surface area contributed by atoms with Crippen molar-refractivity contribution in [3.63, 3.8) is 0 Å². The number of aromatic nitrogens is 1. The number of hydrogen-bond donors (Lipinski definition) is 2. The van der Waals surface area contributed by atoms with E-state index in [1.54, 1.807) is 91.0 Å². The number of carbonyl (C=O) groups excluding carboxylic acids is 3. The highest BCUT2D eigenvalue weighted by atomic mass is 16.4. The molecule has 1 aromatic heterocycles. The molecule has 0 bridgehead atoms. The second kappa shape index (κ2) is 11.6. The van der Waals surface area contributed by atoms with Crippen LogP contribution in [0.2, 0.25) is 0 Å². The second-order valence-corrected chi connectivity index (χ2v) is 10.2. The Hall–Kier alpha value is -6.15. The summed E-state index contributed by atoms with van der Waals surface area (Å²) in [4.78, 5) is 39.4. The average Bonchev–Trinajstić information content (AvgIpc) is 3.41. The number of fused-ring (bicyclic) bond motifs is 3. The molecule has 6 aromatic rings. The lowest BCUT2D eigenvalue weighted by atomic mass is 9.98. The third-order valence-corrected chi connectivity index (χ3v) is 7.55. The van der Waals surface area contributed by atoms with Gasteiger partial charge in [0.15, 0.2) is 11.5 Å². The van der Waals surface area contributed by atoms with Crippen molar-refractivity contribution < 1.29 is 24.8 Å². The van der Waals surface area contributed by atoms with Crippen LogP contribution >= 0.6 is 0 Å². The number of nitrogens with zero attached hydrogens (tertiary/aromatic N) is 3. The third kappa shape index (κ3) is 4.94. The number of hydrogen-bond acceptors (Lipinski definition) is 7. The molecule has 8 nitrogen and oxygen atoms in total. The van der Waals surface area contributed by atoms with Crippen LogP contribution in [0, 0.1) is 0 Å². The highest BCUT2D eigenvalue weighted by Crippen LogP contribution is 2.34. The monoisotopic (exact) mass is 579 g/mol. The molecular formula is C36H25N3O5. The van der Waals surface area contributed by atoms with Gasteiger partial charge in [-0.1, -0.05) is 71.0 Å². The van der Waals surface area contributed by atoms with Gasteiger partial charge in [-0.3, -0.25) is 14.4 Å². The number of Topliss-reactive ketones (excluding diaryl/α,β-unsaturated/α-hetero) is 2. The van der Waals surface area contributed by atoms with Crippen LogP contribution < -0.4 is 0 Å². The first-order valence-electron chi connectivity index (χ1n) is 13.7. The van der Waals surface area contributed by atoms with Crippen molar-refractivity contribution in [2.45, 2.75) is 6.92 Å². The van der Waals surface area contributed by atoms with E-state index in [-0.39, 0.29) is 17.2 Å². The molecule has 0 spiro atoms. The van der Waals surface area contributed by atoms with Gasteiger partial charge in [0.1, 0.15) is 5.71 Å². The molecule has 0 aliphatic carbocycles. The number of oxime groups is 2. The lowest BCUT2D eigenvalue weighted by Gasteiger charge is -2.10. The van der Waals surface area contributed by atoms with Crippen molar-refractivity contribution in [3.05, 3.63) is 149 Å². The summed E-state index contributed by atoms with van der Waals surface area (Å²) in [5.41, 5.74) is 4.32. The SMILES string of the molecule is CC(=NO)C(=O)c1ccc2c(c1)c1cc(C(=O)/C(=N\O)c3ccccc3)ccc1n2-c1ccc(C(=O)c2ccccc2)cc1. The molecule has 0 amide bonds. The molecule has 6 rings (SSSR count).